The molecule has 0 fully saturated rings. The predicted molar refractivity (Wildman–Crippen MR) is 79.7 cm³/mol. The molecule has 9 heteroatoms. The number of benzene rings is 1. The molecule has 0 atom stereocenters. The van der Waals surface area contributed by atoms with Gasteiger partial charge in [-0.3, -0.25) is 10.1 Å². The fraction of sp³-hybridized carbons (Fsp3) is 0.167. The molecular formula is C12H12BrN5O3. The molecule has 1 aromatic carbocycles. The molecule has 1 aromatic heterocycles. The SMILES string of the molecule is Cc1cc(NN)nc(COc2c(Br)cccc2[N+](=O)[O-])n1. The maximum absolute atomic E-state index is 11.0. The summed E-state index contributed by atoms with van der Waals surface area (Å²) in [7, 11) is 0. The average Bonchev–Trinajstić information content (AvgIpc) is 2.45. The number of nitrogens with two attached hydrogens (primary N) is 1. The third-order valence-electron chi connectivity index (χ3n) is 2.54. The van der Waals surface area contributed by atoms with Crippen LogP contribution in [0.1, 0.15) is 11.5 Å². The highest BCUT2D eigenvalue weighted by atomic mass is 79.9. The monoisotopic (exact) mass is 353 g/mol. The van der Waals surface area contributed by atoms with Crippen LogP contribution in [-0.4, -0.2) is 14.9 Å². The fourth-order valence-electron chi connectivity index (χ4n) is 1.69. The smallest absolute Gasteiger partial charge is 0.312 e. The second-order valence-corrected chi connectivity index (χ2v) is 4.94. The molecule has 0 saturated heterocycles. The number of nitrogens with one attached hydrogen (secondary N) is 1. The van der Waals surface area contributed by atoms with Gasteiger partial charge in [-0.25, -0.2) is 15.8 Å². The van der Waals surface area contributed by atoms with Crippen LogP contribution in [0.15, 0.2) is 28.7 Å². The summed E-state index contributed by atoms with van der Waals surface area (Å²) in [5, 5.41) is 11.0. The van der Waals surface area contributed by atoms with Crippen LogP contribution in [0.25, 0.3) is 0 Å². The molecule has 0 saturated carbocycles. The van der Waals surface area contributed by atoms with E-state index in [2.05, 4.69) is 31.3 Å². The minimum Gasteiger partial charge on any atom is -0.478 e. The quantitative estimate of drug-likeness (QED) is 0.481. The summed E-state index contributed by atoms with van der Waals surface area (Å²) in [5.74, 6) is 6.25. The number of para-hydroxylation sites is 1. The Bertz CT molecular complexity index is 680. The number of nitrogens with zero attached hydrogens (tertiary/aromatic N) is 3. The zero-order chi connectivity index (χ0) is 15.4. The third-order valence-corrected chi connectivity index (χ3v) is 3.16. The van der Waals surface area contributed by atoms with Crippen molar-refractivity contribution in [1.82, 2.24) is 9.97 Å². The second kappa shape index (κ2) is 6.46. The van der Waals surface area contributed by atoms with Gasteiger partial charge >= 0.3 is 5.69 Å². The Balaban J connectivity index is 2.24. The van der Waals surface area contributed by atoms with E-state index in [4.69, 9.17) is 10.6 Å². The van der Waals surface area contributed by atoms with Crippen molar-refractivity contribution in [3.63, 3.8) is 0 Å². The normalized spacial score (nSPS) is 10.2. The van der Waals surface area contributed by atoms with E-state index in [1.54, 1.807) is 25.1 Å². The lowest BCUT2D eigenvalue weighted by atomic mass is 10.3. The first-order valence-corrected chi connectivity index (χ1v) is 6.67. The van der Waals surface area contributed by atoms with Crippen molar-refractivity contribution in [3.05, 3.63) is 50.4 Å². The number of nitro benzene ring substituents is 1. The lowest BCUT2D eigenvalue weighted by molar-refractivity contribution is -0.386. The van der Waals surface area contributed by atoms with Gasteiger partial charge in [-0.15, -0.1) is 0 Å². The number of ether oxygens (including phenoxy) is 1. The molecule has 0 aliphatic heterocycles. The van der Waals surface area contributed by atoms with E-state index in [1.165, 1.54) is 6.07 Å². The molecule has 110 valence electrons. The number of nitro groups is 1. The van der Waals surface area contributed by atoms with Gasteiger partial charge in [0.05, 0.1) is 9.40 Å². The number of hydrogen-bond donors (Lipinski definition) is 2. The van der Waals surface area contributed by atoms with E-state index in [1.807, 2.05) is 0 Å². The van der Waals surface area contributed by atoms with Gasteiger partial charge in [-0.2, -0.15) is 0 Å². The molecule has 0 amide bonds. The van der Waals surface area contributed by atoms with E-state index < -0.39 is 4.92 Å². The van der Waals surface area contributed by atoms with Crippen molar-refractivity contribution in [1.29, 1.82) is 0 Å². The first-order chi connectivity index (χ1) is 10.0. The molecule has 3 N–H and O–H groups in total. The number of hydrazine groups is 1. The van der Waals surface area contributed by atoms with Crippen molar-refractivity contribution in [2.75, 3.05) is 5.43 Å². The molecule has 0 spiro atoms. The minimum absolute atomic E-state index is 0.0141. The van der Waals surface area contributed by atoms with Gasteiger partial charge in [-0.05, 0) is 28.9 Å². The second-order valence-electron chi connectivity index (χ2n) is 4.09. The van der Waals surface area contributed by atoms with Gasteiger partial charge in [0.25, 0.3) is 0 Å². The van der Waals surface area contributed by atoms with E-state index in [0.29, 0.717) is 21.8 Å². The third kappa shape index (κ3) is 3.64. The highest BCUT2D eigenvalue weighted by Crippen LogP contribution is 2.35. The van der Waals surface area contributed by atoms with Gasteiger partial charge in [0, 0.05) is 17.8 Å². The Hall–Kier alpha value is -2.26. The van der Waals surface area contributed by atoms with Crippen molar-refractivity contribution >= 4 is 27.4 Å². The molecule has 21 heavy (non-hydrogen) atoms. The van der Waals surface area contributed by atoms with Gasteiger partial charge in [0.1, 0.15) is 12.4 Å². The average molecular weight is 354 g/mol. The zero-order valence-corrected chi connectivity index (χ0v) is 12.6. The number of aromatic nitrogens is 2. The number of rotatable bonds is 5. The number of aryl methyl sites for hydroxylation is 1. The summed E-state index contributed by atoms with van der Waals surface area (Å²) >= 11 is 3.23. The largest absolute Gasteiger partial charge is 0.478 e. The number of anilines is 1. The van der Waals surface area contributed by atoms with E-state index in [0.717, 1.165) is 0 Å². The highest BCUT2D eigenvalue weighted by molar-refractivity contribution is 9.10. The van der Waals surface area contributed by atoms with Crippen LogP contribution in [0, 0.1) is 17.0 Å². The maximum Gasteiger partial charge on any atom is 0.312 e. The summed E-state index contributed by atoms with van der Waals surface area (Å²) in [6.45, 7) is 1.77. The predicted octanol–water partition coefficient (Wildman–Crippen LogP) is 2.32. The first kappa shape index (κ1) is 15.1. The van der Waals surface area contributed by atoms with Crippen LogP contribution in [0.5, 0.6) is 5.75 Å². The van der Waals surface area contributed by atoms with Gasteiger partial charge in [0.2, 0.25) is 5.75 Å². The Kier molecular flexibility index (Phi) is 4.66. The lowest BCUT2D eigenvalue weighted by Gasteiger charge is -2.09. The summed E-state index contributed by atoms with van der Waals surface area (Å²) < 4.78 is 5.98. The van der Waals surface area contributed by atoms with E-state index >= 15 is 0 Å². The summed E-state index contributed by atoms with van der Waals surface area (Å²) in [6, 6.07) is 6.26. The molecule has 0 aliphatic carbocycles. The topological polar surface area (TPSA) is 116 Å². The molecule has 2 rings (SSSR count). The summed E-state index contributed by atoms with van der Waals surface area (Å²) in [5.41, 5.74) is 3.00. The maximum atomic E-state index is 11.0. The van der Waals surface area contributed by atoms with Crippen LogP contribution in [-0.2, 0) is 6.61 Å². The Morgan fingerprint density at radius 2 is 2.24 bits per heavy atom. The van der Waals surface area contributed by atoms with Crippen LogP contribution in [0.4, 0.5) is 11.5 Å². The molecule has 0 bridgehead atoms. The van der Waals surface area contributed by atoms with E-state index in [-0.39, 0.29) is 18.0 Å². The van der Waals surface area contributed by atoms with Crippen molar-refractivity contribution in [2.24, 2.45) is 5.84 Å². The molecule has 8 nitrogen and oxygen atoms in total. The van der Waals surface area contributed by atoms with Gasteiger partial charge in [-0.1, -0.05) is 6.07 Å². The Labute approximate surface area is 128 Å². The van der Waals surface area contributed by atoms with E-state index in [9.17, 15) is 10.1 Å². The van der Waals surface area contributed by atoms with Gasteiger partial charge in [0.15, 0.2) is 5.82 Å². The number of hydrogen-bond acceptors (Lipinski definition) is 7. The lowest BCUT2D eigenvalue weighted by Crippen LogP contribution is -2.12. The summed E-state index contributed by atoms with van der Waals surface area (Å²) in [6.07, 6.45) is 0. The number of halogens is 1. The molecule has 0 unspecified atom stereocenters. The van der Waals surface area contributed by atoms with Crippen molar-refractivity contribution in [3.8, 4) is 5.75 Å². The standard InChI is InChI=1S/C12H12BrN5O3/c1-7-5-10(17-14)16-11(15-7)6-21-12-8(13)3-2-4-9(12)18(19)20/h2-5H,6,14H2,1H3,(H,15,16,17). The highest BCUT2D eigenvalue weighted by Gasteiger charge is 2.18. The van der Waals surface area contributed by atoms with Crippen LogP contribution in [0.2, 0.25) is 0 Å². The van der Waals surface area contributed by atoms with Crippen LogP contribution in [0.3, 0.4) is 0 Å². The molecule has 1 heterocycles. The molecule has 0 radical (unpaired) electrons. The van der Waals surface area contributed by atoms with Crippen LogP contribution < -0.4 is 16.0 Å². The Morgan fingerprint density at radius 3 is 2.90 bits per heavy atom. The fourth-order valence-corrected chi connectivity index (χ4v) is 2.16. The first-order valence-electron chi connectivity index (χ1n) is 5.88. The molecular weight excluding hydrogens is 342 g/mol. The molecule has 2 aromatic rings. The minimum atomic E-state index is -0.510. The Morgan fingerprint density at radius 1 is 1.48 bits per heavy atom. The molecule has 0 aliphatic rings. The number of nitrogen functional groups attached to an aromatic ring is 1. The van der Waals surface area contributed by atoms with Crippen LogP contribution >= 0.6 is 15.9 Å². The summed E-state index contributed by atoms with van der Waals surface area (Å²) in [4.78, 5) is 18.8. The van der Waals surface area contributed by atoms with Crippen molar-refractivity contribution < 1.29 is 9.66 Å². The zero-order valence-electron chi connectivity index (χ0n) is 11.0. The van der Waals surface area contributed by atoms with Gasteiger partial charge < -0.3 is 10.2 Å². The van der Waals surface area contributed by atoms with Crippen molar-refractivity contribution in [2.45, 2.75) is 13.5 Å².